The molecule has 3 rings (SSSR count). The summed E-state index contributed by atoms with van der Waals surface area (Å²) < 4.78 is 0. The lowest BCUT2D eigenvalue weighted by molar-refractivity contribution is 0.192. The average Bonchev–Trinajstić information content (AvgIpc) is 2.75. The van der Waals surface area contributed by atoms with Crippen LogP contribution < -0.4 is 0 Å². The van der Waals surface area contributed by atoms with Gasteiger partial charge in [0.15, 0.2) is 0 Å². The number of nitrogens with zero attached hydrogens (tertiary/aromatic N) is 1. The number of thioether (sulfide) groups is 1. The first kappa shape index (κ1) is 13.5. The third-order valence-corrected chi connectivity index (χ3v) is 5.79. The Labute approximate surface area is 121 Å². The number of rotatable bonds is 2. The van der Waals surface area contributed by atoms with Crippen molar-refractivity contribution in [2.45, 2.75) is 44.1 Å². The van der Waals surface area contributed by atoms with Crippen LogP contribution in [0.3, 0.4) is 0 Å². The quantitative estimate of drug-likeness (QED) is 0.797. The van der Waals surface area contributed by atoms with Crippen LogP contribution in [-0.2, 0) is 0 Å². The zero-order valence-corrected chi connectivity index (χ0v) is 12.6. The van der Waals surface area contributed by atoms with Crippen LogP contribution in [-0.4, -0.2) is 35.5 Å². The standard InChI is InChI=1S/C17H25NS/c1-2-5-15(6-3-1)16-7-4-11-18(12-8-16)17-9-13-19-14-10-17/h1-3,5-6,16-17H,4,7-14H2. The number of likely N-dealkylation sites (tertiary alicyclic amines) is 1. The second-order valence-corrected chi connectivity index (χ2v) is 7.14. The largest absolute Gasteiger partial charge is 0.300 e. The van der Waals surface area contributed by atoms with E-state index in [2.05, 4.69) is 47.0 Å². The summed E-state index contributed by atoms with van der Waals surface area (Å²) in [7, 11) is 0. The molecule has 0 bridgehead atoms. The molecular formula is C17H25NS. The van der Waals surface area contributed by atoms with Crippen molar-refractivity contribution < 1.29 is 0 Å². The molecule has 2 aliphatic rings. The van der Waals surface area contributed by atoms with Gasteiger partial charge in [0, 0.05) is 6.04 Å². The monoisotopic (exact) mass is 275 g/mol. The summed E-state index contributed by atoms with van der Waals surface area (Å²) in [5, 5.41) is 0. The van der Waals surface area contributed by atoms with Gasteiger partial charge in [-0.1, -0.05) is 30.3 Å². The lowest BCUT2D eigenvalue weighted by Gasteiger charge is -2.33. The van der Waals surface area contributed by atoms with Crippen LogP contribution >= 0.6 is 11.8 Å². The molecule has 0 aromatic heterocycles. The Hall–Kier alpha value is -0.470. The highest BCUT2D eigenvalue weighted by atomic mass is 32.2. The number of benzene rings is 1. The van der Waals surface area contributed by atoms with Gasteiger partial charge < -0.3 is 4.90 Å². The minimum Gasteiger partial charge on any atom is -0.300 e. The molecule has 0 saturated carbocycles. The van der Waals surface area contributed by atoms with E-state index in [4.69, 9.17) is 0 Å². The Morgan fingerprint density at radius 2 is 1.68 bits per heavy atom. The molecule has 2 heterocycles. The third-order valence-electron chi connectivity index (χ3n) is 4.74. The molecule has 1 unspecified atom stereocenters. The smallest absolute Gasteiger partial charge is 0.0111 e. The van der Waals surface area contributed by atoms with E-state index in [1.54, 1.807) is 5.56 Å². The van der Waals surface area contributed by atoms with Crippen molar-refractivity contribution >= 4 is 11.8 Å². The lowest BCUT2D eigenvalue weighted by Crippen LogP contribution is -2.38. The molecular weight excluding hydrogens is 250 g/mol. The summed E-state index contributed by atoms with van der Waals surface area (Å²) in [6, 6.07) is 12.0. The van der Waals surface area contributed by atoms with E-state index < -0.39 is 0 Å². The van der Waals surface area contributed by atoms with Crippen molar-refractivity contribution in [1.29, 1.82) is 0 Å². The first-order valence-electron chi connectivity index (χ1n) is 7.80. The molecule has 2 fully saturated rings. The lowest BCUT2D eigenvalue weighted by atomic mass is 9.92. The summed E-state index contributed by atoms with van der Waals surface area (Å²) >= 11 is 2.14. The minimum absolute atomic E-state index is 0.796. The van der Waals surface area contributed by atoms with Crippen LogP contribution in [0.4, 0.5) is 0 Å². The summed E-state index contributed by atoms with van der Waals surface area (Å²) in [4.78, 5) is 2.79. The van der Waals surface area contributed by atoms with E-state index in [0.717, 1.165) is 12.0 Å². The molecule has 0 spiro atoms. The van der Waals surface area contributed by atoms with Gasteiger partial charge in [-0.25, -0.2) is 0 Å². The number of hydrogen-bond acceptors (Lipinski definition) is 2. The highest BCUT2D eigenvalue weighted by Crippen LogP contribution is 2.30. The third kappa shape index (κ3) is 3.55. The van der Waals surface area contributed by atoms with E-state index in [-0.39, 0.29) is 0 Å². The van der Waals surface area contributed by atoms with Crippen molar-refractivity contribution in [3.8, 4) is 0 Å². The van der Waals surface area contributed by atoms with Crippen LogP contribution in [0.2, 0.25) is 0 Å². The zero-order valence-electron chi connectivity index (χ0n) is 11.8. The van der Waals surface area contributed by atoms with Gasteiger partial charge in [-0.05, 0) is 68.2 Å². The van der Waals surface area contributed by atoms with Gasteiger partial charge in [0.2, 0.25) is 0 Å². The van der Waals surface area contributed by atoms with Crippen LogP contribution in [0.5, 0.6) is 0 Å². The van der Waals surface area contributed by atoms with Crippen molar-refractivity contribution in [2.24, 2.45) is 0 Å². The van der Waals surface area contributed by atoms with Crippen LogP contribution in [0.25, 0.3) is 0 Å². The van der Waals surface area contributed by atoms with Crippen LogP contribution in [0.1, 0.15) is 43.6 Å². The van der Waals surface area contributed by atoms with E-state index >= 15 is 0 Å². The maximum Gasteiger partial charge on any atom is 0.0111 e. The van der Waals surface area contributed by atoms with Gasteiger partial charge in [-0.3, -0.25) is 0 Å². The maximum absolute atomic E-state index is 2.79. The highest BCUT2D eigenvalue weighted by molar-refractivity contribution is 7.99. The van der Waals surface area contributed by atoms with Crippen LogP contribution in [0, 0.1) is 0 Å². The summed E-state index contributed by atoms with van der Waals surface area (Å²) in [5.41, 5.74) is 1.56. The Morgan fingerprint density at radius 3 is 2.47 bits per heavy atom. The highest BCUT2D eigenvalue weighted by Gasteiger charge is 2.24. The molecule has 104 valence electrons. The average molecular weight is 275 g/mol. The molecule has 1 nitrogen and oxygen atoms in total. The van der Waals surface area contributed by atoms with Crippen molar-refractivity contribution in [3.05, 3.63) is 35.9 Å². The zero-order chi connectivity index (χ0) is 12.9. The van der Waals surface area contributed by atoms with Gasteiger partial charge in [0.25, 0.3) is 0 Å². The summed E-state index contributed by atoms with van der Waals surface area (Å²) in [5.74, 6) is 3.55. The van der Waals surface area contributed by atoms with Gasteiger partial charge in [-0.15, -0.1) is 0 Å². The SMILES string of the molecule is c1ccc(C2CCCN(C3CCSCC3)CC2)cc1. The van der Waals surface area contributed by atoms with Gasteiger partial charge in [0.05, 0.1) is 0 Å². The first-order valence-corrected chi connectivity index (χ1v) is 8.96. The van der Waals surface area contributed by atoms with Crippen molar-refractivity contribution in [1.82, 2.24) is 4.90 Å². The predicted molar refractivity (Wildman–Crippen MR) is 85.0 cm³/mol. The second kappa shape index (κ2) is 6.81. The fraction of sp³-hybridized carbons (Fsp3) is 0.647. The van der Waals surface area contributed by atoms with E-state index in [9.17, 15) is 0 Å². The molecule has 2 aliphatic heterocycles. The van der Waals surface area contributed by atoms with E-state index in [1.807, 2.05) is 0 Å². The Kier molecular flexibility index (Phi) is 4.84. The molecule has 1 aromatic rings. The maximum atomic E-state index is 2.79. The van der Waals surface area contributed by atoms with E-state index in [1.165, 1.54) is 56.7 Å². The Balaban J connectivity index is 1.59. The van der Waals surface area contributed by atoms with Crippen molar-refractivity contribution in [3.63, 3.8) is 0 Å². The van der Waals surface area contributed by atoms with Crippen LogP contribution in [0.15, 0.2) is 30.3 Å². The molecule has 1 atom stereocenters. The molecule has 2 saturated heterocycles. The Morgan fingerprint density at radius 1 is 0.895 bits per heavy atom. The minimum atomic E-state index is 0.796. The second-order valence-electron chi connectivity index (χ2n) is 5.92. The molecule has 0 N–H and O–H groups in total. The fourth-order valence-corrected chi connectivity index (χ4v) is 4.67. The molecule has 2 heteroatoms. The fourth-order valence-electron chi connectivity index (χ4n) is 3.59. The summed E-state index contributed by atoms with van der Waals surface area (Å²) in [6.45, 7) is 2.65. The Bertz CT molecular complexity index is 372. The molecule has 0 amide bonds. The van der Waals surface area contributed by atoms with Gasteiger partial charge in [-0.2, -0.15) is 11.8 Å². The molecule has 1 aromatic carbocycles. The van der Waals surface area contributed by atoms with Crippen molar-refractivity contribution in [2.75, 3.05) is 24.6 Å². The first-order chi connectivity index (χ1) is 9.43. The molecule has 0 radical (unpaired) electrons. The number of hydrogen-bond donors (Lipinski definition) is 0. The van der Waals surface area contributed by atoms with Gasteiger partial charge >= 0.3 is 0 Å². The predicted octanol–water partition coefficient (Wildman–Crippen LogP) is 4.15. The normalized spacial score (nSPS) is 27.1. The van der Waals surface area contributed by atoms with Gasteiger partial charge in [0.1, 0.15) is 0 Å². The molecule has 0 aliphatic carbocycles. The topological polar surface area (TPSA) is 3.24 Å². The summed E-state index contributed by atoms with van der Waals surface area (Å²) in [6.07, 6.45) is 6.94. The van der Waals surface area contributed by atoms with E-state index in [0.29, 0.717) is 0 Å². The molecule has 19 heavy (non-hydrogen) atoms.